The third-order valence-corrected chi connectivity index (χ3v) is 7.84. The Balaban J connectivity index is 1.46. The quantitative estimate of drug-likeness (QED) is 0.662. The number of piperidine rings is 1. The van der Waals surface area contributed by atoms with Crippen molar-refractivity contribution >= 4 is 33.0 Å². The summed E-state index contributed by atoms with van der Waals surface area (Å²) in [5.41, 5.74) is 4.65. The first-order valence-electron chi connectivity index (χ1n) is 10.4. The maximum Gasteiger partial charge on any atom is 0.298 e. The summed E-state index contributed by atoms with van der Waals surface area (Å²) in [7, 11) is -3.94. The molecule has 0 aliphatic carbocycles. The molecule has 164 valence electrons. The van der Waals surface area contributed by atoms with Crippen LogP contribution >= 0.6 is 0 Å². The second kappa shape index (κ2) is 8.00. The molecule has 0 spiro atoms. The number of sulfonamides is 1. The number of nitrogens with zero attached hydrogens (tertiary/aromatic N) is 2. The Bertz CT molecular complexity index is 1200. The number of hydrogen-bond donors (Lipinski definition) is 1. The summed E-state index contributed by atoms with van der Waals surface area (Å²) in [4.78, 5) is 19.5. The summed E-state index contributed by atoms with van der Waals surface area (Å²) in [6, 6.07) is 10.1. The highest BCUT2D eigenvalue weighted by Gasteiger charge is 2.31. The van der Waals surface area contributed by atoms with Crippen LogP contribution in [0.1, 0.15) is 35.1 Å². The zero-order valence-corrected chi connectivity index (χ0v) is 19.0. The molecule has 0 unspecified atom stereocenters. The van der Waals surface area contributed by atoms with Crippen molar-refractivity contribution in [1.29, 1.82) is 0 Å². The van der Waals surface area contributed by atoms with Gasteiger partial charge in [-0.05, 0) is 74.9 Å². The van der Waals surface area contributed by atoms with Gasteiger partial charge in [-0.3, -0.25) is 4.79 Å². The van der Waals surface area contributed by atoms with Gasteiger partial charge in [0.2, 0.25) is 5.91 Å². The van der Waals surface area contributed by atoms with Crippen molar-refractivity contribution in [3.05, 3.63) is 52.6 Å². The number of hydrogen-bond acceptors (Lipinski definition) is 6. The van der Waals surface area contributed by atoms with Gasteiger partial charge in [0.1, 0.15) is 5.52 Å². The third-order valence-electron chi connectivity index (χ3n) is 6.22. The summed E-state index contributed by atoms with van der Waals surface area (Å²) in [5.74, 6) is -0.822. The van der Waals surface area contributed by atoms with E-state index in [2.05, 4.69) is 9.71 Å². The Labute approximate surface area is 182 Å². The molecule has 1 amide bonds. The van der Waals surface area contributed by atoms with E-state index in [0.717, 1.165) is 22.2 Å². The Morgan fingerprint density at radius 2 is 1.68 bits per heavy atom. The van der Waals surface area contributed by atoms with E-state index < -0.39 is 15.9 Å². The first-order valence-corrected chi connectivity index (χ1v) is 11.9. The lowest BCUT2D eigenvalue weighted by Crippen LogP contribution is -2.42. The van der Waals surface area contributed by atoms with Gasteiger partial charge in [-0.2, -0.15) is 4.98 Å². The second-order valence-corrected chi connectivity index (χ2v) is 9.90. The Morgan fingerprint density at radius 1 is 1.06 bits per heavy atom. The minimum atomic E-state index is -3.94. The van der Waals surface area contributed by atoms with Gasteiger partial charge in [0.25, 0.3) is 16.0 Å². The molecule has 1 aliphatic rings. The summed E-state index contributed by atoms with van der Waals surface area (Å²) < 4.78 is 34.2. The molecule has 0 saturated carbocycles. The van der Waals surface area contributed by atoms with Crippen LogP contribution < -0.4 is 9.62 Å². The number of benzene rings is 2. The highest BCUT2D eigenvalue weighted by molar-refractivity contribution is 7.90. The van der Waals surface area contributed by atoms with Gasteiger partial charge in [-0.1, -0.05) is 18.2 Å². The van der Waals surface area contributed by atoms with Gasteiger partial charge in [0.05, 0.1) is 4.90 Å². The smallest absolute Gasteiger partial charge is 0.298 e. The van der Waals surface area contributed by atoms with Crippen LogP contribution in [0.2, 0.25) is 0 Å². The zero-order chi connectivity index (χ0) is 22.3. The van der Waals surface area contributed by atoms with E-state index in [1.165, 1.54) is 0 Å². The minimum Gasteiger partial charge on any atom is -0.423 e. The van der Waals surface area contributed by atoms with Crippen molar-refractivity contribution < 1.29 is 17.6 Å². The van der Waals surface area contributed by atoms with Gasteiger partial charge in [-0.25, -0.2) is 13.1 Å². The summed E-state index contributed by atoms with van der Waals surface area (Å²) in [6.07, 6.45) is 1.07. The van der Waals surface area contributed by atoms with Crippen LogP contribution in [0.4, 0.5) is 6.01 Å². The number of anilines is 1. The van der Waals surface area contributed by atoms with Crippen molar-refractivity contribution in [3.63, 3.8) is 0 Å². The first kappa shape index (κ1) is 21.4. The number of carbonyl (C=O) groups is 1. The number of nitrogens with one attached hydrogen (secondary N) is 1. The van der Waals surface area contributed by atoms with Crippen molar-refractivity contribution in [2.45, 2.75) is 45.4 Å². The first-order chi connectivity index (χ1) is 14.7. The van der Waals surface area contributed by atoms with Gasteiger partial charge in [-0.15, -0.1) is 0 Å². The number of para-hydroxylation sites is 2. The highest BCUT2D eigenvalue weighted by Crippen LogP contribution is 2.28. The molecule has 4 rings (SSSR count). The molecule has 2 aromatic carbocycles. The summed E-state index contributed by atoms with van der Waals surface area (Å²) in [5, 5.41) is 0. The average Bonchev–Trinajstić information content (AvgIpc) is 3.16. The zero-order valence-electron chi connectivity index (χ0n) is 18.2. The maximum atomic E-state index is 13.0. The fourth-order valence-corrected chi connectivity index (χ4v) is 5.84. The largest absolute Gasteiger partial charge is 0.423 e. The molecule has 7 nitrogen and oxygen atoms in total. The van der Waals surface area contributed by atoms with E-state index in [1.807, 2.05) is 49.1 Å². The Hall–Kier alpha value is -2.87. The molecule has 1 aromatic heterocycles. The fourth-order valence-electron chi connectivity index (χ4n) is 4.18. The standard InChI is InChI=1S/C23H27N3O4S/c1-14-13-15(2)17(4)21(16(14)3)31(28,29)25-22(27)18-9-11-26(12-10-18)23-24-19-7-5-6-8-20(19)30-23/h5-8,13,18H,9-12H2,1-4H3,(H,25,27). The Morgan fingerprint density at radius 3 is 2.29 bits per heavy atom. The molecule has 2 heterocycles. The van der Waals surface area contributed by atoms with Crippen LogP contribution in [-0.2, 0) is 14.8 Å². The molecule has 0 atom stereocenters. The number of rotatable bonds is 4. The molecular weight excluding hydrogens is 414 g/mol. The second-order valence-electron chi connectivity index (χ2n) is 8.28. The van der Waals surface area contributed by atoms with E-state index in [1.54, 1.807) is 13.8 Å². The minimum absolute atomic E-state index is 0.210. The normalized spacial score (nSPS) is 15.4. The van der Waals surface area contributed by atoms with Crippen molar-refractivity contribution in [2.75, 3.05) is 18.0 Å². The van der Waals surface area contributed by atoms with Gasteiger partial charge in [0, 0.05) is 19.0 Å². The van der Waals surface area contributed by atoms with Crippen LogP contribution in [0.25, 0.3) is 11.1 Å². The van der Waals surface area contributed by atoms with E-state index in [9.17, 15) is 13.2 Å². The number of aromatic nitrogens is 1. The van der Waals surface area contributed by atoms with E-state index in [0.29, 0.717) is 43.1 Å². The van der Waals surface area contributed by atoms with Crippen LogP contribution in [0.3, 0.4) is 0 Å². The number of carbonyl (C=O) groups excluding carboxylic acids is 1. The van der Waals surface area contributed by atoms with Gasteiger partial charge in [0.15, 0.2) is 5.58 Å². The van der Waals surface area contributed by atoms with Crippen molar-refractivity contribution in [2.24, 2.45) is 5.92 Å². The molecule has 0 radical (unpaired) electrons. The lowest BCUT2D eigenvalue weighted by molar-refractivity contribution is -0.123. The molecule has 1 fully saturated rings. The monoisotopic (exact) mass is 441 g/mol. The SMILES string of the molecule is Cc1cc(C)c(C)c(S(=O)(=O)NC(=O)C2CCN(c3nc4ccccc4o3)CC2)c1C. The lowest BCUT2D eigenvalue weighted by atomic mass is 9.97. The van der Waals surface area contributed by atoms with Gasteiger partial charge >= 0.3 is 0 Å². The average molecular weight is 442 g/mol. The predicted molar refractivity (Wildman–Crippen MR) is 120 cm³/mol. The van der Waals surface area contributed by atoms with Crippen LogP contribution in [-0.4, -0.2) is 32.4 Å². The van der Waals surface area contributed by atoms with E-state index >= 15 is 0 Å². The van der Waals surface area contributed by atoms with Crippen LogP contribution in [0.5, 0.6) is 0 Å². The molecule has 1 N–H and O–H groups in total. The van der Waals surface area contributed by atoms with E-state index in [4.69, 9.17) is 4.42 Å². The molecule has 3 aromatic rings. The summed E-state index contributed by atoms with van der Waals surface area (Å²) >= 11 is 0. The van der Waals surface area contributed by atoms with Gasteiger partial charge < -0.3 is 9.32 Å². The molecular formula is C23H27N3O4S. The molecule has 31 heavy (non-hydrogen) atoms. The Kier molecular flexibility index (Phi) is 5.51. The number of oxazole rings is 1. The van der Waals surface area contributed by atoms with Crippen molar-refractivity contribution in [1.82, 2.24) is 9.71 Å². The highest BCUT2D eigenvalue weighted by atomic mass is 32.2. The van der Waals surface area contributed by atoms with Crippen LogP contribution in [0, 0.1) is 33.6 Å². The number of aryl methyl sites for hydroxylation is 2. The maximum absolute atomic E-state index is 13.0. The lowest BCUT2D eigenvalue weighted by Gasteiger charge is -2.30. The van der Waals surface area contributed by atoms with Crippen LogP contribution in [0.15, 0.2) is 39.6 Å². The van der Waals surface area contributed by atoms with E-state index in [-0.39, 0.29) is 10.8 Å². The number of fused-ring (bicyclic) bond motifs is 1. The molecule has 1 saturated heterocycles. The predicted octanol–water partition coefficient (Wildman–Crippen LogP) is 3.78. The fraction of sp³-hybridized carbons (Fsp3) is 0.391. The third kappa shape index (κ3) is 4.04. The van der Waals surface area contributed by atoms with Crippen molar-refractivity contribution in [3.8, 4) is 0 Å². The topological polar surface area (TPSA) is 92.5 Å². The number of amides is 1. The molecule has 8 heteroatoms. The summed E-state index contributed by atoms with van der Waals surface area (Å²) in [6.45, 7) is 8.47. The molecule has 0 bridgehead atoms. The molecule has 1 aliphatic heterocycles.